The van der Waals surface area contributed by atoms with E-state index in [9.17, 15) is 0 Å². The third kappa shape index (κ3) is 3.03. The molecule has 5 aromatic rings. The van der Waals surface area contributed by atoms with Gasteiger partial charge < -0.3 is 4.98 Å². The molecule has 0 saturated heterocycles. The van der Waals surface area contributed by atoms with Gasteiger partial charge in [0.1, 0.15) is 11.4 Å². The molecule has 0 fully saturated rings. The number of nitrogens with one attached hydrogen (secondary N) is 1. The molecule has 0 aliphatic heterocycles. The lowest BCUT2D eigenvalue weighted by molar-refractivity contribution is 0.876. The Morgan fingerprint density at radius 2 is 1.46 bits per heavy atom. The number of rotatable bonds is 4. The molecule has 5 nitrogen and oxygen atoms in total. The van der Waals surface area contributed by atoms with Crippen LogP contribution in [0.2, 0.25) is 0 Å². The van der Waals surface area contributed by atoms with Gasteiger partial charge in [-0.25, -0.2) is 4.98 Å². The first kappa shape index (κ1) is 16.3. The lowest BCUT2D eigenvalue weighted by Crippen LogP contribution is -2.03. The molecule has 2 aromatic carbocycles. The van der Waals surface area contributed by atoms with Crippen molar-refractivity contribution in [3.05, 3.63) is 96.7 Å². The molecule has 0 spiro atoms. The Morgan fingerprint density at radius 3 is 2.21 bits per heavy atom. The monoisotopic (exact) mass is 363 g/mol. The molecule has 0 unspecified atom stereocenters. The number of hydrogen-bond donors (Lipinski definition) is 1. The van der Waals surface area contributed by atoms with Gasteiger partial charge in [0, 0.05) is 35.3 Å². The Balaban J connectivity index is 1.61. The molecule has 0 bridgehead atoms. The van der Waals surface area contributed by atoms with Gasteiger partial charge in [0.25, 0.3) is 0 Å². The predicted molar refractivity (Wildman–Crippen MR) is 110 cm³/mol. The lowest BCUT2D eigenvalue weighted by atomic mass is 10.0. The summed E-state index contributed by atoms with van der Waals surface area (Å²) >= 11 is 0. The number of pyridine rings is 1. The fourth-order valence-electron chi connectivity index (χ4n) is 3.37. The van der Waals surface area contributed by atoms with Gasteiger partial charge in [-0.2, -0.15) is 0 Å². The molecule has 5 heteroatoms. The molecule has 3 aromatic heterocycles. The summed E-state index contributed by atoms with van der Waals surface area (Å²) < 4.78 is 0. The molecule has 0 saturated carbocycles. The second-order valence-electron chi connectivity index (χ2n) is 6.57. The fraction of sp³-hybridized carbons (Fsp3) is 0.0435. The van der Waals surface area contributed by atoms with Crippen molar-refractivity contribution in [1.82, 2.24) is 25.1 Å². The van der Waals surface area contributed by atoms with Crippen molar-refractivity contribution in [3.63, 3.8) is 0 Å². The Labute approximate surface area is 162 Å². The van der Waals surface area contributed by atoms with E-state index in [2.05, 4.69) is 32.3 Å². The van der Waals surface area contributed by atoms with Crippen molar-refractivity contribution >= 4 is 10.9 Å². The first-order chi connectivity index (χ1) is 13.9. The lowest BCUT2D eigenvalue weighted by Gasteiger charge is -2.09. The van der Waals surface area contributed by atoms with Crippen molar-refractivity contribution in [3.8, 4) is 22.5 Å². The molecule has 5 rings (SSSR count). The Morgan fingerprint density at radius 1 is 0.750 bits per heavy atom. The number of nitrogens with zero attached hydrogens (tertiary/aromatic N) is 4. The van der Waals surface area contributed by atoms with Crippen LogP contribution in [0.3, 0.4) is 0 Å². The van der Waals surface area contributed by atoms with Gasteiger partial charge in [0.2, 0.25) is 0 Å². The van der Waals surface area contributed by atoms with Crippen LogP contribution in [0.5, 0.6) is 0 Å². The van der Waals surface area contributed by atoms with Crippen LogP contribution in [0.15, 0.2) is 85.3 Å². The second kappa shape index (κ2) is 7.04. The van der Waals surface area contributed by atoms with E-state index < -0.39 is 0 Å². The van der Waals surface area contributed by atoms with Gasteiger partial charge in [-0.1, -0.05) is 60.7 Å². The van der Waals surface area contributed by atoms with Crippen LogP contribution in [0.25, 0.3) is 33.4 Å². The summed E-state index contributed by atoms with van der Waals surface area (Å²) in [6.07, 6.45) is 6.22. The van der Waals surface area contributed by atoms with Crippen molar-refractivity contribution < 1.29 is 0 Å². The third-order valence-corrected chi connectivity index (χ3v) is 4.74. The number of hydrogen-bond acceptors (Lipinski definition) is 4. The minimum Gasteiger partial charge on any atom is -0.360 e. The van der Waals surface area contributed by atoms with Gasteiger partial charge in [0.05, 0.1) is 11.7 Å². The Kier molecular flexibility index (Phi) is 4.10. The predicted octanol–water partition coefficient (Wildman–Crippen LogP) is 4.67. The highest BCUT2D eigenvalue weighted by Crippen LogP contribution is 2.28. The second-order valence-corrected chi connectivity index (χ2v) is 6.57. The number of aromatic nitrogens is 5. The molecule has 0 atom stereocenters. The standard InChI is InChI=1S/C23H17N5/c1-3-7-16(8-4-1)22-23(17-9-5-2-6-10-17)28-27-21(26-22)13-18-14-25-20-15-24-12-11-19(18)20/h1-12,14-15,25H,13H2. The zero-order chi connectivity index (χ0) is 18.8. The number of aromatic amines is 1. The van der Waals surface area contributed by atoms with Crippen LogP contribution >= 0.6 is 0 Å². The topological polar surface area (TPSA) is 67.3 Å². The van der Waals surface area contributed by atoms with E-state index in [-0.39, 0.29) is 0 Å². The van der Waals surface area contributed by atoms with Gasteiger partial charge >= 0.3 is 0 Å². The quantitative estimate of drug-likeness (QED) is 0.504. The van der Waals surface area contributed by atoms with Crippen molar-refractivity contribution in [2.75, 3.05) is 0 Å². The smallest absolute Gasteiger partial charge is 0.156 e. The molecular weight excluding hydrogens is 346 g/mol. The third-order valence-electron chi connectivity index (χ3n) is 4.74. The molecule has 3 heterocycles. The van der Waals surface area contributed by atoms with E-state index in [4.69, 9.17) is 4.98 Å². The molecular formula is C23H17N5. The maximum Gasteiger partial charge on any atom is 0.156 e. The first-order valence-corrected chi connectivity index (χ1v) is 9.13. The molecule has 0 aliphatic carbocycles. The van der Waals surface area contributed by atoms with Gasteiger partial charge in [-0.3, -0.25) is 4.98 Å². The molecule has 28 heavy (non-hydrogen) atoms. The fourth-order valence-corrected chi connectivity index (χ4v) is 3.37. The highest BCUT2D eigenvalue weighted by atomic mass is 15.2. The first-order valence-electron chi connectivity index (χ1n) is 9.13. The van der Waals surface area contributed by atoms with Crippen molar-refractivity contribution in [2.45, 2.75) is 6.42 Å². The number of benzene rings is 2. The van der Waals surface area contributed by atoms with Crippen LogP contribution < -0.4 is 0 Å². The summed E-state index contributed by atoms with van der Waals surface area (Å²) in [6, 6.07) is 22.2. The molecule has 0 radical (unpaired) electrons. The summed E-state index contributed by atoms with van der Waals surface area (Å²) in [5.74, 6) is 0.691. The van der Waals surface area contributed by atoms with E-state index in [0.717, 1.165) is 39.0 Å². The number of fused-ring (bicyclic) bond motifs is 1. The summed E-state index contributed by atoms with van der Waals surface area (Å²) in [7, 11) is 0. The van der Waals surface area contributed by atoms with E-state index in [1.54, 1.807) is 6.20 Å². The van der Waals surface area contributed by atoms with E-state index >= 15 is 0 Å². The minimum atomic E-state index is 0.603. The van der Waals surface area contributed by atoms with Crippen LogP contribution in [-0.2, 0) is 6.42 Å². The van der Waals surface area contributed by atoms with E-state index in [1.165, 1.54) is 0 Å². The van der Waals surface area contributed by atoms with E-state index in [1.807, 2.05) is 67.0 Å². The van der Waals surface area contributed by atoms with Crippen molar-refractivity contribution in [2.24, 2.45) is 0 Å². The largest absolute Gasteiger partial charge is 0.360 e. The summed E-state index contributed by atoms with van der Waals surface area (Å²) in [5.41, 5.74) is 5.81. The molecule has 0 amide bonds. The average molecular weight is 363 g/mol. The minimum absolute atomic E-state index is 0.603. The van der Waals surface area contributed by atoms with E-state index in [0.29, 0.717) is 12.2 Å². The van der Waals surface area contributed by atoms with Gasteiger partial charge in [-0.05, 0) is 11.6 Å². The van der Waals surface area contributed by atoms with Crippen LogP contribution in [0, 0.1) is 0 Å². The summed E-state index contributed by atoms with van der Waals surface area (Å²) in [4.78, 5) is 12.3. The average Bonchev–Trinajstić information content (AvgIpc) is 3.18. The zero-order valence-electron chi connectivity index (χ0n) is 15.1. The highest BCUT2D eigenvalue weighted by molar-refractivity contribution is 5.82. The highest BCUT2D eigenvalue weighted by Gasteiger charge is 2.14. The van der Waals surface area contributed by atoms with Crippen LogP contribution in [0.1, 0.15) is 11.4 Å². The Hall–Kier alpha value is -3.86. The zero-order valence-corrected chi connectivity index (χ0v) is 15.1. The molecule has 0 aliphatic rings. The molecule has 134 valence electrons. The van der Waals surface area contributed by atoms with Crippen molar-refractivity contribution in [1.29, 1.82) is 0 Å². The normalized spacial score (nSPS) is 11.0. The van der Waals surface area contributed by atoms with Crippen LogP contribution in [0.4, 0.5) is 0 Å². The Bertz CT molecular complexity index is 1230. The SMILES string of the molecule is c1ccc(-c2nnc(Cc3c[nH]c4cnccc34)nc2-c2ccccc2)cc1. The van der Waals surface area contributed by atoms with Crippen LogP contribution in [-0.4, -0.2) is 25.1 Å². The number of H-pyrrole nitrogens is 1. The molecule has 1 N–H and O–H groups in total. The van der Waals surface area contributed by atoms with Gasteiger partial charge in [0.15, 0.2) is 5.82 Å². The van der Waals surface area contributed by atoms with Gasteiger partial charge in [-0.15, -0.1) is 10.2 Å². The maximum atomic E-state index is 4.90. The summed E-state index contributed by atoms with van der Waals surface area (Å²) in [6.45, 7) is 0. The maximum absolute atomic E-state index is 4.90. The summed E-state index contributed by atoms with van der Waals surface area (Å²) in [5, 5.41) is 10.1.